The van der Waals surface area contributed by atoms with Gasteiger partial charge in [-0.15, -0.1) is 0 Å². The number of ether oxygens (including phenoxy) is 1. The highest BCUT2D eigenvalue weighted by Crippen LogP contribution is 2.20. The molecule has 1 aliphatic rings. The summed E-state index contributed by atoms with van der Waals surface area (Å²) >= 11 is 0. The Bertz CT molecular complexity index is 161. The van der Waals surface area contributed by atoms with E-state index in [0.717, 1.165) is 18.4 Å². The quantitative estimate of drug-likeness (QED) is 0.446. The number of cyclic esters (lactones) is 1. The van der Waals surface area contributed by atoms with E-state index in [-0.39, 0.29) is 11.9 Å². The maximum Gasteiger partial charge on any atom is 0.309 e. The number of hydrogen-bond donors (Lipinski definition) is 0. The van der Waals surface area contributed by atoms with Gasteiger partial charge < -0.3 is 4.74 Å². The summed E-state index contributed by atoms with van der Waals surface area (Å²) < 4.78 is 4.86. The zero-order valence-electron chi connectivity index (χ0n) is 8.22. The molecule has 12 heavy (non-hydrogen) atoms. The predicted octanol–water partition coefficient (Wildman–Crippen LogP) is 2.54. The van der Waals surface area contributed by atoms with E-state index >= 15 is 0 Å². The minimum absolute atomic E-state index is 0.0603. The summed E-state index contributed by atoms with van der Waals surface area (Å²) in [7, 11) is 0. The van der Waals surface area contributed by atoms with E-state index in [2.05, 4.69) is 6.58 Å². The summed E-state index contributed by atoms with van der Waals surface area (Å²) in [5, 5.41) is 0. The van der Waals surface area contributed by atoms with Gasteiger partial charge in [0.2, 0.25) is 0 Å². The Kier molecular flexibility index (Phi) is 5.43. The minimum atomic E-state index is -0.0603. The Balaban J connectivity index is 0.000000561. The first kappa shape index (κ1) is 11.2. The van der Waals surface area contributed by atoms with Crippen molar-refractivity contribution in [3.05, 3.63) is 12.2 Å². The summed E-state index contributed by atoms with van der Waals surface area (Å²) in [5.74, 6) is 0.0103. The van der Waals surface area contributed by atoms with Crippen LogP contribution in [0.2, 0.25) is 0 Å². The van der Waals surface area contributed by atoms with E-state index in [1.54, 1.807) is 0 Å². The summed E-state index contributed by atoms with van der Waals surface area (Å²) in [6.45, 7) is 10.2. The van der Waals surface area contributed by atoms with Crippen molar-refractivity contribution in [3.8, 4) is 0 Å². The molecular weight excluding hydrogens is 152 g/mol. The van der Waals surface area contributed by atoms with Crippen molar-refractivity contribution < 1.29 is 9.53 Å². The van der Waals surface area contributed by atoms with Crippen molar-refractivity contribution in [3.63, 3.8) is 0 Å². The molecule has 1 saturated heterocycles. The lowest BCUT2D eigenvalue weighted by Gasteiger charge is -2.20. The number of carbonyl (C=O) groups excluding carboxylic acids is 1. The summed E-state index contributed by atoms with van der Waals surface area (Å²) in [6.07, 6.45) is 1.67. The molecule has 1 heterocycles. The van der Waals surface area contributed by atoms with E-state index in [9.17, 15) is 4.79 Å². The van der Waals surface area contributed by atoms with Crippen LogP contribution in [0.3, 0.4) is 0 Å². The van der Waals surface area contributed by atoms with Crippen molar-refractivity contribution in [1.29, 1.82) is 0 Å². The lowest BCUT2D eigenvalue weighted by molar-refractivity contribution is -0.150. The van der Waals surface area contributed by atoms with Crippen LogP contribution in [0.4, 0.5) is 0 Å². The zero-order valence-corrected chi connectivity index (χ0v) is 8.22. The lowest BCUT2D eigenvalue weighted by atomic mass is 9.96. The lowest BCUT2D eigenvalue weighted by Crippen LogP contribution is -2.24. The first-order valence-corrected chi connectivity index (χ1v) is 4.57. The van der Waals surface area contributed by atoms with Gasteiger partial charge in [-0.1, -0.05) is 27.4 Å². The molecule has 1 rings (SSSR count). The van der Waals surface area contributed by atoms with Crippen molar-refractivity contribution >= 4 is 5.97 Å². The predicted molar refractivity (Wildman–Crippen MR) is 49.8 cm³/mol. The molecule has 70 valence electrons. The number of hydrogen-bond acceptors (Lipinski definition) is 2. The Labute approximate surface area is 74.6 Å². The average molecular weight is 170 g/mol. The third-order valence-corrected chi connectivity index (χ3v) is 1.78. The van der Waals surface area contributed by atoms with E-state index in [0.29, 0.717) is 6.61 Å². The van der Waals surface area contributed by atoms with Gasteiger partial charge in [-0.25, -0.2) is 0 Å². The Morgan fingerprint density at radius 1 is 1.58 bits per heavy atom. The SMILES string of the molecule is C=C1COC(=O)[C@@H](CC)C1.CC. The van der Waals surface area contributed by atoms with Crippen LogP contribution in [-0.2, 0) is 9.53 Å². The van der Waals surface area contributed by atoms with Crippen LogP contribution in [0, 0.1) is 5.92 Å². The second-order valence-corrected chi connectivity index (χ2v) is 2.67. The van der Waals surface area contributed by atoms with Gasteiger partial charge in [-0.05, 0) is 18.4 Å². The molecule has 0 aromatic rings. The van der Waals surface area contributed by atoms with Crippen LogP contribution in [-0.4, -0.2) is 12.6 Å². The molecule has 0 bridgehead atoms. The van der Waals surface area contributed by atoms with Gasteiger partial charge in [0.25, 0.3) is 0 Å². The molecule has 0 spiro atoms. The summed E-state index contributed by atoms with van der Waals surface area (Å²) in [5.41, 5.74) is 1.03. The van der Waals surface area contributed by atoms with E-state index in [1.807, 2.05) is 20.8 Å². The molecule has 0 aliphatic carbocycles. The van der Waals surface area contributed by atoms with Crippen molar-refractivity contribution in [1.82, 2.24) is 0 Å². The monoisotopic (exact) mass is 170 g/mol. The molecule has 2 nitrogen and oxygen atoms in total. The zero-order chi connectivity index (χ0) is 9.56. The molecule has 0 amide bonds. The smallest absolute Gasteiger partial charge is 0.309 e. The topological polar surface area (TPSA) is 26.3 Å². The maximum absolute atomic E-state index is 10.9. The highest BCUT2D eigenvalue weighted by atomic mass is 16.5. The number of esters is 1. The second-order valence-electron chi connectivity index (χ2n) is 2.67. The fraction of sp³-hybridized carbons (Fsp3) is 0.700. The fourth-order valence-corrected chi connectivity index (χ4v) is 1.09. The Morgan fingerprint density at radius 3 is 2.58 bits per heavy atom. The van der Waals surface area contributed by atoms with Crippen LogP contribution in [0.25, 0.3) is 0 Å². The normalized spacial score (nSPS) is 22.4. The number of carbonyl (C=O) groups is 1. The van der Waals surface area contributed by atoms with Crippen LogP contribution >= 0.6 is 0 Å². The highest BCUT2D eigenvalue weighted by Gasteiger charge is 2.23. The van der Waals surface area contributed by atoms with Crippen molar-refractivity contribution in [2.24, 2.45) is 5.92 Å². The van der Waals surface area contributed by atoms with Crippen LogP contribution in [0.5, 0.6) is 0 Å². The maximum atomic E-state index is 10.9. The largest absolute Gasteiger partial charge is 0.461 e. The molecule has 1 fully saturated rings. The molecule has 1 atom stereocenters. The molecule has 0 saturated carbocycles. The van der Waals surface area contributed by atoms with Gasteiger partial charge in [-0.2, -0.15) is 0 Å². The summed E-state index contributed by atoms with van der Waals surface area (Å²) in [6, 6.07) is 0. The minimum Gasteiger partial charge on any atom is -0.461 e. The van der Waals surface area contributed by atoms with Crippen LogP contribution < -0.4 is 0 Å². The molecule has 0 N–H and O–H groups in total. The highest BCUT2D eigenvalue weighted by molar-refractivity contribution is 5.74. The van der Waals surface area contributed by atoms with Crippen molar-refractivity contribution in [2.75, 3.05) is 6.61 Å². The van der Waals surface area contributed by atoms with E-state index < -0.39 is 0 Å². The number of rotatable bonds is 1. The second kappa shape index (κ2) is 5.81. The Morgan fingerprint density at radius 2 is 2.17 bits per heavy atom. The fourth-order valence-electron chi connectivity index (χ4n) is 1.09. The van der Waals surface area contributed by atoms with E-state index in [1.165, 1.54) is 0 Å². The molecule has 2 heteroatoms. The molecule has 0 aromatic heterocycles. The molecule has 0 aromatic carbocycles. The third kappa shape index (κ3) is 3.07. The Hall–Kier alpha value is -0.790. The van der Waals surface area contributed by atoms with Gasteiger partial charge in [0.05, 0.1) is 5.92 Å². The molecule has 1 aliphatic heterocycles. The molecular formula is C10H18O2. The van der Waals surface area contributed by atoms with Gasteiger partial charge in [-0.3, -0.25) is 4.79 Å². The third-order valence-electron chi connectivity index (χ3n) is 1.78. The van der Waals surface area contributed by atoms with Gasteiger partial charge in [0.15, 0.2) is 0 Å². The first-order chi connectivity index (χ1) is 5.74. The van der Waals surface area contributed by atoms with Crippen molar-refractivity contribution in [2.45, 2.75) is 33.6 Å². The molecule has 0 unspecified atom stereocenters. The van der Waals surface area contributed by atoms with Crippen LogP contribution in [0.1, 0.15) is 33.6 Å². The van der Waals surface area contributed by atoms with Gasteiger partial charge in [0.1, 0.15) is 6.61 Å². The molecule has 0 radical (unpaired) electrons. The average Bonchev–Trinajstić information content (AvgIpc) is 2.13. The van der Waals surface area contributed by atoms with E-state index in [4.69, 9.17) is 4.74 Å². The van der Waals surface area contributed by atoms with Gasteiger partial charge in [0, 0.05) is 0 Å². The standard InChI is InChI=1S/C8H12O2.C2H6/c1-3-7-4-6(2)5-10-8(7)9;1-2/h7H,2-5H2,1H3;1-2H3/t7-;/m0./s1. The first-order valence-electron chi connectivity index (χ1n) is 4.57. The van der Waals surface area contributed by atoms with Crippen LogP contribution in [0.15, 0.2) is 12.2 Å². The summed E-state index contributed by atoms with van der Waals surface area (Å²) in [4.78, 5) is 10.9. The van der Waals surface area contributed by atoms with Gasteiger partial charge >= 0.3 is 5.97 Å².